The number of ether oxygens (including phenoxy) is 1. The second-order valence-corrected chi connectivity index (χ2v) is 5.39. The van der Waals surface area contributed by atoms with E-state index >= 15 is 0 Å². The Bertz CT molecular complexity index is 742. The average Bonchev–Trinajstić information content (AvgIpc) is 2.96. The van der Waals surface area contributed by atoms with Gasteiger partial charge in [0.1, 0.15) is 0 Å². The number of hydrogen-bond donors (Lipinski definition) is 1. The Morgan fingerprint density at radius 1 is 1.17 bits per heavy atom. The van der Waals surface area contributed by atoms with Crippen molar-refractivity contribution in [3.63, 3.8) is 0 Å². The van der Waals surface area contributed by atoms with Crippen molar-refractivity contribution in [2.24, 2.45) is 0 Å². The average molecular weight is 406 g/mol. The van der Waals surface area contributed by atoms with E-state index in [1.807, 2.05) is 0 Å². The van der Waals surface area contributed by atoms with Gasteiger partial charge in [0, 0.05) is 6.54 Å². The highest BCUT2D eigenvalue weighted by molar-refractivity contribution is 9.10. The molecule has 5 nitrogen and oxygen atoms in total. The number of carbonyl (C=O) groups is 2. The molecular formula is C15H11BrF3NO4. The Kier molecular flexibility index (Phi) is 5.66. The van der Waals surface area contributed by atoms with Gasteiger partial charge in [-0.25, -0.2) is 4.79 Å². The largest absolute Gasteiger partial charge is 0.450 e. The number of alkyl halides is 3. The molecule has 0 atom stereocenters. The molecule has 0 aliphatic heterocycles. The maximum absolute atomic E-state index is 12.8. The van der Waals surface area contributed by atoms with Gasteiger partial charge in [0.2, 0.25) is 5.76 Å². The molecule has 0 saturated heterocycles. The van der Waals surface area contributed by atoms with Crippen LogP contribution in [-0.4, -0.2) is 18.5 Å². The van der Waals surface area contributed by atoms with Gasteiger partial charge in [-0.15, -0.1) is 0 Å². The van der Waals surface area contributed by atoms with Gasteiger partial charge in [0.25, 0.3) is 5.91 Å². The fourth-order valence-corrected chi connectivity index (χ4v) is 2.13. The van der Waals surface area contributed by atoms with E-state index in [9.17, 15) is 22.8 Å². The first-order valence-corrected chi connectivity index (χ1v) is 7.41. The van der Waals surface area contributed by atoms with E-state index in [2.05, 4.69) is 21.2 Å². The van der Waals surface area contributed by atoms with E-state index in [0.29, 0.717) is 4.67 Å². The van der Waals surface area contributed by atoms with E-state index in [1.54, 1.807) is 0 Å². The second kappa shape index (κ2) is 7.52. The van der Waals surface area contributed by atoms with Crippen LogP contribution in [-0.2, 0) is 22.3 Å². The third-order valence-electron chi connectivity index (χ3n) is 2.91. The molecule has 1 heterocycles. The van der Waals surface area contributed by atoms with Crippen LogP contribution in [0.4, 0.5) is 13.2 Å². The van der Waals surface area contributed by atoms with Crippen molar-refractivity contribution in [3.05, 3.63) is 58.0 Å². The molecule has 9 heteroatoms. The Hall–Kier alpha value is -2.29. The van der Waals surface area contributed by atoms with E-state index in [1.165, 1.54) is 30.3 Å². The number of halogens is 4. The fraction of sp³-hybridized carbons (Fsp3) is 0.200. The molecule has 0 fully saturated rings. The zero-order valence-corrected chi connectivity index (χ0v) is 13.6. The van der Waals surface area contributed by atoms with Gasteiger partial charge >= 0.3 is 12.1 Å². The zero-order chi connectivity index (χ0) is 17.7. The molecule has 2 aromatic rings. The molecule has 1 amide bonds. The van der Waals surface area contributed by atoms with Gasteiger partial charge < -0.3 is 14.5 Å². The van der Waals surface area contributed by atoms with Crippen molar-refractivity contribution in [1.29, 1.82) is 0 Å². The molecule has 0 unspecified atom stereocenters. The summed E-state index contributed by atoms with van der Waals surface area (Å²) in [5.41, 5.74) is -0.914. The highest BCUT2D eigenvalue weighted by atomic mass is 79.9. The number of benzene rings is 1. The van der Waals surface area contributed by atoms with Crippen molar-refractivity contribution in [2.75, 3.05) is 6.61 Å². The van der Waals surface area contributed by atoms with Gasteiger partial charge in [-0.2, -0.15) is 13.2 Å². The number of nitrogens with one attached hydrogen (secondary N) is 1. The van der Waals surface area contributed by atoms with E-state index in [-0.39, 0.29) is 17.9 Å². The molecule has 1 aromatic heterocycles. The fourth-order valence-electron chi connectivity index (χ4n) is 1.82. The van der Waals surface area contributed by atoms with E-state index in [4.69, 9.17) is 9.15 Å². The Labute approximate surface area is 142 Å². The molecule has 2 rings (SSSR count). The van der Waals surface area contributed by atoms with Crippen molar-refractivity contribution < 1.29 is 31.9 Å². The van der Waals surface area contributed by atoms with Gasteiger partial charge in [-0.1, -0.05) is 18.2 Å². The lowest BCUT2D eigenvalue weighted by Crippen LogP contribution is -2.29. The lowest BCUT2D eigenvalue weighted by Gasteiger charge is -2.13. The highest BCUT2D eigenvalue weighted by Gasteiger charge is 2.32. The van der Waals surface area contributed by atoms with Gasteiger partial charge in [0.05, 0.1) is 5.56 Å². The SMILES string of the molecule is O=C(COC(=O)c1ccc(Br)o1)NCc1ccccc1C(F)(F)F. The van der Waals surface area contributed by atoms with Crippen LogP contribution >= 0.6 is 15.9 Å². The smallest absolute Gasteiger partial charge is 0.416 e. The molecule has 24 heavy (non-hydrogen) atoms. The zero-order valence-electron chi connectivity index (χ0n) is 12.0. The van der Waals surface area contributed by atoms with E-state index in [0.717, 1.165) is 6.07 Å². The minimum absolute atomic E-state index is 0.0837. The molecule has 0 saturated carbocycles. The Morgan fingerprint density at radius 2 is 1.88 bits per heavy atom. The van der Waals surface area contributed by atoms with Crippen LogP contribution in [0.2, 0.25) is 0 Å². The van der Waals surface area contributed by atoms with Crippen molar-refractivity contribution >= 4 is 27.8 Å². The van der Waals surface area contributed by atoms with Crippen LogP contribution in [0.15, 0.2) is 45.5 Å². The van der Waals surface area contributed by atoms with Crippen molar-refractivity contribution in [3.8, 4) is 0 Å². The summed E-state index contributed by atoms with van der Waals surface area (Å²) in [6.07, 6.45) is -4.51. The summed E-state index contributed by atoms with van der Waals surface area (Å²) in [5, 5.41) is 2.27. The monoisotopic (exact) mass is 405 g/mol. The minimum atomic E-state index is -4.51. The van der Waals surface area contributed by atoms with E-state index < -0.39 is 30.2 Å². The molecule has 0 bridgehead atoms. The predicted octanol–water partition coefficient (Wildman–Crippen LogP) is 3.53. The summed E-state index contributed by atoms with van der Waals surface area (Å²) in [6, 6.07) is 7.71. The third-order valence-corrected chi connectivity index (χ3v) is 3.33. The first-order chi connectivity index (χ1) is 11.3. The first kappa shape index (κ1) is 18.1. The summed E-state index contributed by atoms with van der Waals surface area (Å²) in [4.78, 5) is 23.2. The first-order valence-electron chi connectivity index (χ1n) is 6.61. The topological polar surface area (TPSA) is 68.5 Å². The van der Waals surface area contributed by atoms with Gasteiger partial charge in [-0.3, -0.25) is 4.79 Å². The van der Waals surface area contributed by atoms with Crippen molar-refractivity contribution in [2.45, 2.75) is 12.7 Å². The third kappa shape index (κ3) is 4.85. The highest BCUT2D eigenvalue weighted by Crippen LogP contribution is 2.31. The Balaban J connectivity index is 1.87. The quantitative estimate of drug-likeness (QED) is 0.772. The number of rotatable bonds is 5. The van der Waals surface area contributed by atoms with Gasteiger partial charge in [0.15, 0.2) is 11.3 Å². The molecule has 1 aromatic carbocycles. The molecule has 0 aliphatic carbocycles. The number of furan rings is 1. The van der Waals surface area contributed by atoms with Crippen LogP contribution in [0.1, 0.15) is 21.7 Å². The van der Waals surface area contributed by atoms with Crippen LogP contribution < -0.4 is 5.32 Å². The molecule has 128 valence electrons. The normalized spacial score (nSPS) is 11.2. The molecule has 0 spiro atoms. The summed E-state index contributed by atoms with van der Waals surface area (Å²) >= 11 is 3.01. The summed E-state index contributed by atoms with van der Waals surface area (Å²) in [7, 11) is 0. The number of carbonyl (C=O) groups excluding carboxylic acids is 2. The molecule has 0 aliphatic rings. The summed E-state index contributed by atoms with van der Waals surface area (Å²) < 4.78 is 48.4. The minimum Gasteiger partial charge on any atom is -0.450 e. The summed E-state index contributed by atoms with van der Waals surface area (Å²) in [6.45, 7) is -0.969. The number of amides is 1. The van der Waals surface area contributed by atoms with Crippen LogP contribution in [0.5, 0.6) is 0 Å². The lowest BCUT2D eigenvalue weighted by molar-refractivity contribution is -0.138. The van der Waals surface area contributed by atoms with Gasteiger partial charge in [-0.05, 0) is 39.7 Å². The molecule has 0 radical (unpaired) electrons. The standard InChI is InChI=1S/C15H11BrF3NO4/c16-12-6-5-11(24-12)14(22)23-8-13(21)20-7-9-3-1-2-4-10(9)15(17,18)19/h1-6H,7-8H2,(H,20,21). The molecule has 1 N–H and O–H groups in total. The Morgan fingerprint density at radius 3 is 2.50 bits per heavy atom. The summed E-state index contributed by atoms with van der Waals surface area (Å²) in [5.74, 6) is -1.69. The second-order valence-electron chi connectivity index (χ2n) is 4.61. The van der Waals surface area contributed by atoms with Crippen LogP contribution in [0.25, 0.3) is 0 Å². The maximum atomic E-state index is 12.8. The lowest BCUT2D eigenvalue weighted by atomic mass is 10.1. The van der Waals surface area contributed by atoms with Crippen LogP contribution in [0, 0.1) is 0 Å². The van der Waals surface area contributed by atoms with Crippen molar-refractivity contribution in [1.82, 2.24) is 5.32 Å². The number of hydrogen-bond acceptors (Lipinski definition) is 4. The van der Waals surface area contributed by atoms with Crippen LogP contribution in [0.3, 0.4) is 0 Å². The molecular weight excluding hydrogens is 395 g/mol. The predicted molar refractivity (Wildman–Crippen MR) is 80.0 cm³/mol. The number of esters is 1. The maximum Gasteiger partial charge on any atom is 0.416 e.